The standard InChI is InChI=1S/C19H19ClN2O4/c1-22(19(12-21)7-3-2-4-8-19)17(23)11-25-18(24)16-10-13-9-14(20)5-6-15(13)26-16/h5-6,9-10H,2-4,7-8,11H2,1H3. The van der Waals surface area contributed by atoms with Crippen LogP contribution in [0.15, 0.2) is 28.7 Å². The molecular weight excluding hydrogens is 356 g/mol. The molecule has 26 heavy (non-hydrogen) atoms. The molecule has 0 N–H and O–H groups in total. The van der Waals surface area contributed by atoms with Crippen LogP contribution in [0.1, 0.15) is 42.7 Å². The molecule has 0 aliphatic heterocycles. The van der Waals surface area contributed by atoms with Gasteiger partial charge < -0.3 is 14.1 Å². The van der Waals surface area contributed by atoms with Crippen LogP contribution in [0.2, 0.25) is 5.02 Å². The van der Waals surface area contributed by atoms with Gasteiger partial charge in [0.2, 0.25) is 5.76 Å². The van der Waals surface area contributed by atoms with Gasteiger partial charge in [-0.25, -0.2) is 4.79 Å². The predicted octanol–water partition coefficient (Wildman–Crippen LogP) is 3.93. The molecule has 1 saturated carbocycles. The zero-order valence-corrected chi connectivity index (χ0v) is 15.2. The van der Waals surface area contributed by atoms with Crippen molar-refractivity contribution in [2.45, 2.75) is 37.6 Å². The van der Waals surface area contributed by atoms with Gasteiger partial charge >= 0.3 is 5.97 Å². The second kappa shape index (κ2) is 7.38. The molecule has 1 fully saturated rings. The van der Waals surface area contributed by atoms with Gasteiger partial charge in [-0.2, -0.15) is 5.26 Å². The molecule has 0 saturated heterocycles. The number of halogens is 1. The number of furan rings is 1. The highest BCUT2D eigenvalue weighted by Crippen LogP contribution is 2.32. The Kier molecular flexibility index (Phi) is 5.19. The van der Waals surface area contributed by atoms with Crippen molar-refractivity contribution in [3.63, 3.8) is 0 Å². The Balaban J connectivity index is 1.64. The van der Waals surface area contributed by atoms with E-state index >= 15 is 0 Å². The molecule has 0 unspecified atom stereocenters. The molecule has 1 aromatic heterocycles. The number of amides is 1. The predicted molar refractivity (Wildman–Crippen MR) is 95.7 cm³/mol. The first-order valence-electron chi connectivity index (χ1n) is 8.49. The van der Waals surface area contributed by atoms with Crippen LogP contribution in [-0.2, 0) is 9.53 Å². The largest absolute Gasteiger partial charge is 0.450 e. The highest BCUT2D eigenvalue weighted by atomic mass is 35.5. The zero-order chi connectivity index (χ0) is 18.7. The maximum absolute atomic E-state index is 12.4. The van der Waals surface area contributed by atoms with Gasteiger partial charge in [0.15, 0.2) is 6.61 Å². The minimum atomic E-state index is -0.808. The number of nitriles is 1. The van der Waals surface area contributed by atoms with Crippen LogP contribution in [0.4, 0.5) is 0 Å². The van der Waals surface area contributed by atoms with E-state index in [2.05, 4.69) is 6.07 Å². The molecule has 0 radical (unpaired) electrons. The van der Waals surface area contributed by atoms with Crippen molar-refractivity contribution >= 4 is 34.4 Å². The van der Waals surface area contributed by atoms with E-state index in [9.17, 15) is 14.9 Å². The summed E-state index contributed by atoms with van der Waals surface area (Å²) in [5.41, 5.74) is -0.298. The number of benzene rings is 1. The van der Waals surface area contributed by atoms with E-state index in [1.165, 1.54) is 11.0 Å². The topological polar surface area (TPSA) is 83.5 Å². The first kappa shape index (κ1) is 18.3. The number of hydrogen-bond donors (Lipinski definition) is 0. The number of likely N-dealkylation sites (N-methyl/N-ethyl adjacent to an activating group) is 1. The van der Waals surface area contributed by atoms with E-state index in [4.69, 9.17) is 20.8 Å². The molecule has 0 spiro atoms. The number of hydrogen-bond acceptors (Lipinski definition) is 5. The molecular formula is C19H19ClN2O4. The molecule has 1 aromatic carbocycles. The van der Waals surface area contributed by atoms with Crippen LogP contribution in [0.3, 0.4) is 0 Å². The lowest BCUT2D eigenvalue weighted by Crippen LogP contribution is -2.51. The van der Waals surface area contributed by atoms with Crippen LogP contribution in [0, 0.1) is 11.3 Å². The van der Waals surface area contributed by atoms with Crippen molar-refractivity contribution in [1.82, 2.24) is 4.90 Å². The Morgan fingerprint density at radius 1 is 1.31 bits per heavy atom. The van der Waals surface area contributed by atoms with Crippen molar-refractivity contribution in [3.05, 3.63) is 35.0 Å². The molecule has 6 nitrogen and oxygen atoms in total. The summed E-state index contributed by atoms with van der Waals surface area (Å²) in [4.78, 5) is 26.0. The first-order valence-corrected chi connectivity index (χ1v) is 8.87. The molecule has 3 rings (SSSR count). The summed E-state index contributed by atoms with van der Waals surface area (Å²) in [5, 5.41) is 10.8. The number of fused-ring (bicyclic) bond motifs is 1. The number of nitrogens with zero attached hydrogens (tertiary/aromatic N) is 2. The Hall–Kier alpha value is -2.52. The van der Waals surface area contributed by atoms with Gasteiger partial charge in [0.25, 0.3) is 5.91 Å². The Morgan fingerprint density at radius 3 is 2.73 bits per heavy atom. The van der Waals surface area contributed by atoms with E-state index in [1.54, 1.807) is 25.2 Å². The van der Waals surface area contributed by atoms with E-state index in [-0.39, 0.29) is 5.76 Å². The third-order valence-electron chi connectivity index (χ3n) is 4.91. The van der Waals surface area contributed by atoms with Crippen molar-refractivity contribution in [2.75, 3.05) is 13.7 Å². The minimum absolute atomic E-state index is 0.00498. The number of carbonyl (C=O) groups is 2. The van der Waals surface area contributed by atoms with Crippen LogP contribution in [-0.4, -0.2) is 36.0 Å². The van der Waals surface area contributed by atoms with E-state index in [0.29, 0.717) is 28.8 Å². The van der Waals surface area contributed by atoms with Crippen LogP contribution >= 0.6 is 11.6 Å². The SMILES string of the molecule is CN(C(=O)COC(=O)c1cc2cc(Cl)ccc2o1)C1(C#N)CCCCC1. The fraction of sp³-hybridized carbons (Fsp3) is 0.421. The molecule has 1 aliphatic carbocycles. The van der Waals surface area contributed by atoms with Gasteiger partial charge in [0, 0.05) is 17.5 Å². The summed E-state index contributed by atoms with van der Waals surface area (Å²) in [6.07, 6.45) is 4.17. The summed E-state index contributed by atoms with van der Waals surface area (Å²) < 4.78 is 10.5. The monoisotopic (exact) mass is 374 g/mol. The van der Waals surface area contributed by atoms with Gasteiger partial charge in [0.1, 0.15) is 11.1 Å². The Morgan fingerprint density at radius 2 is 2.04 bits per heavy atom. The third-order valence-corrected chi connectivity index (χ3v) is 5.15. The van der Waals surface area contributed by atoms with Crippen molar-refractivity contribution < 1.29 is 18.7 Å². The van der Waals surface area contributed by atoms with E-state index < -0.39 is 24.0 Å². The third kappa shape index (κ3) is 3.54. The summed E-state index contributed by atoms with van der Waals surface area (Å²) >= 11 is 5.91. The normalized spacial score (nSPS) is 16.0. The lowest BCUT2D eigenvalue weighted by molar-refractivity contribution is -0.138. The van der Waals surface area contributed by atoms with Gasteiger partial charge in [-0.1, -0.05) is 30.9 Å². The Labute approximate surface area is 156 Å². The quantitative estimate of drug-likeness (QED) is 0.757. The van der Waals surface area contributed by atoms with Crippen molar-refractivity contribution in [3.8, 4) is 6.07 Å². The van der Waals surface area contributed by atoms with Crippen LogP contribution in [0.25, 0.3) is 11.0 Å². The number of esters is 1. The maximum Gasteiger partial charge on any atom is 0.374 e. The van der Waals surface area contributed by atoms with Gasteiger partial charge in [-0.05, 0) is 37.1 Å². The average Bonchev–Trinajstić information content (AvgIpc) is 3.09. The van der Waals surface area contributed by atoms with Gasteiger partial charge in [-0.15, -0.1) is 0 Å². The molecule has 1 heterocycles. The van der Waals surface area contributed by atoms with Gasteiger partial charge in [0.05, 0.1) is 6.07 Å². The van der Waals surface area contributed by atoms with Crippen molar-refractivity contribution in [1.29, 1.82) is 5.26 Å². The minimum Gasteiger partial charge on any atom is -0.450 e. The second-order valence-corrected chi connectivity index (χ2v) is 6.96. The molecule has 7 heteroatoms. The molecule has 136 valence electrons. The van der Waals surface area contributed by atoms with Gasteiger partial charge in [-0.3, -0.25) is 4.79 Å². The maximum atomic E-state index is 12.4. The van der Waals surface area contributed by atoms with E-state index in [1.807, 2.05) is 0 Å². The Bertz CT molecular complexity index is 877. The van der Waals surface area contributed by atoms with Crippen LogP contribution < -0.4 is 0 Å². The molecule has 1 amide bonds. The summed E-state index contributed by atoms with van der Waals surface area (Å²) in [6.45, 7) is -0.434. The molecule has 1 aliphatic rings. The number of rotatable bonds is 4. The smallest absolute Gasteiger partial charge is 0.374 e. The fourth-order valence-electron chi connectivity index (χ4n) is 3.31. The summed E-state index contributed by atoms with van der Waals surface area (Å²) in [6, 6.07) is 8.79. The lowest BCUT2D eigenvalue weighted by Gasteiger charge is -2.38. The zero-order valence-electron chi connectivity index (χ0n) is 14.5. The lowest BCUT2D eigenvalue weighted by atomic mass is 9.81. The van der Waals surface area contributed by atoms with E-state index in [0.717, 1.165) is 19.3 Å². The highest BCUT2D eigenvalue weighted by molar-refractivity contribution is 6.31. The molecule has 2 aromatic rings. The molecule has 0 bridgehead atoms. The number of carbonyl (C=O) groups excluding carboxylic acids is 2. The molecule has 0 atom stereocenters. The van der Waals surface area contributed by atoms with Crippen LogP contribution in [0.5, 0.6) is 0 Å². The summed E-state index contributed by atoms with van der Waals surface area (Å²) in [5.74, 6) is -1.12. The summed E-state index contributed by atoms with van der Waals surface area (Å²) in [7, 11) is 1.59. The number of ether oxygens (including phenoxy) is 1. The second-order valence-electron chi connectivity index (χ2n) is 6.53. The highest BCUT2D eigenvalue weighted by Gasteiger charge is 2.39. The fourth-order valence-corrected chi connectivity index (χ4v) is 3.49. The first-order chi connectivity index (χ1) is 12.4. The average molecular weight is 375 g/mol. The van der Waals surface area contributed by atoms with Crippen molar-refractivity contribution in [2.24, 2.45) is 0 Å².